The minimum absolute atomic E-state index is 0.0489. The van der Waals surface area contributed by atoms with E-state index in [-0.39, 0.29) is 12.0 Å². The highest BCUT2D eigenvalue weighted by Crippen LogP contribution is 2.24. The van der Waals surface area contributed by atoms with Gasteiger partial charge in [-0.3, -0.25) is 4.79 Å². The van der Waals surface area contributed by atoms with Gasteiger partial charge in [-0.2, -0.15) is 0 Å². The van der Waals surface area contributed by atoms with Crippen LogP contribution >= 0.6 is 11.8 Å². The second-order valence-corrected chi connectivity index (χ2v) is 4.67. The highest BCUT2D eigenvalue weighted by molar-refractivity contribution is 7.98. The lowest BCUT2D eigenvalue weighted by Crippen LogP contribution is -2.88. The molecule has 4 nitrogen and oxygen atoms in total. The Morgan fingerprint density at radius 1 is 1.53 bits per heavy atom. The molecule has 94 valence electrons. The molecule has 0 aliphatic carbocycles. The molecule has 5 heteroatoms. The van der Waals surface area contributed by atoms with Gasteiger partial charge in [0, 0.05) is 4.90 Å². The zero-order valence-corrected chi connectivity index (χ0v) is 11.0. The average molecular weight is 255 g/mol. The number of para-hydroxylation sites is 1. The summed E-state index contributed by atoms with van der Waals surface area (Å²) in [6, 6.07) is 7.70. The number of hydrogen-bond donors (Lipinski definition) is 3. The van der Waals surface area contributed by atoms with E-state index in [4.69, 9.17) is 5.11 Å². The third-order valence-corrected chi connectivity index (χ3v) is 3.01. The largest absolute Gasteiger partial charge is 0.388 e. The van der Waals surface area contributed by atoms with Crippen LogP contribution in [0.1, 0.15) is 6.92 Å². The lowest BCUT2D eigenvalue weighted by molar-refractivity contribution is -0.649. The van der Waals surface area contributed by atoms with E-state index in [9.17, 15) is 4.79 Å². The SMILES string of the molecule is CSc1ccccc1NC(=O)C[NH2+]C[C@@H](C)O. The molecule has 0 aromatic heterocycles. The van der Waals surface area contributed by atoms with Crippen LogP contribution in [0.15, 0.2) is 29.2 Å². The molecule has 0 heterocycles. The standard InChI is InChI=1S/C12H18N2O2S/c1-9(15)7-13-8-12(16)14-10-5-3-4-6-11(10)17-2/h3-6,9,13,15H,7-8H2,1-2H3,(H,14,16)/p+1/t9-/m1/s1. The van der Waals surface area contributed by atoms with Crippen LogP contribution in [0.3, 0.4) is 0 Å². The molecule has 1 aromatic carbocycles. The van der Waals surface area contributed by atoms with Crippen molar-refractivity contribution >= 4 is 23.4 Å². The first-order valence-electron chi connectivity index (χ1n) is 5.56. The Labute approximate surface area is 106 Å². The molecule has 0 aliphatic heterocycles. The molecule has 1 aromatic rings. The first-order chi connectivity index (χ1) is 8.13. The monoisotopic (exact) mass is 255 g/mol. The van der Waals surface area contributed by atoms with E-state index >= 15 is 0 Å². The molecule has 1 atom stereocenters. The van der Waals surface area contributed by atoms with Crippen LogP contribution in [-0.2, 0) is 4.79 Å². The normalized spacial score (nSPS) is 12.2. The molecule has 0 fully saturated rings. The van der Waals surface area contributed by atoms with E-state index < -0.39 is 0 Å². The van der Waals surface area contributed by atoms with Gasteiger partial charge in [-0.05, 0) is 25.3 Å². The van der Waals surface area contributed by atoms with Crippen LogP contribution in [0.5, 0.6) is 0 Å². The van der Waals surface area contributed by atoms with Gasteiger partial charge in [0.25, 0.3) is 5.91 Å². The number of rotatable bonds is 6. The fourth-order valence-electron chi connectivity index (χ4n) is 1.40. The molecule has 0 aliphatic rings. The molecule has 0 radical (unpaired) electrons. The fraction of sp³-hybridized carbons (Fsp3) is 0.417. The van der Waals surface area contributed by atoms with Crippen molar-refractivity contribution in [1.29, 1.82) is 0 Å². The molecule has 0 unspecified atom stereocenters. The van der Waals surface area contributed by atoms with Crippen LogP contribution in [0.2, 0.25) is 0 Å². The highest BCUT2D eigenvalue weighted by Gasteiger charge is 2.08. The number of hydrogen-bond acceptors (Lipinski definition) is 3. The van der Waals surface area contributed by atoms with Crippen molar-refractivity contribution in [1.82, 2.24) is 0 Å². The number of carbonyl (C=O) groups is 1. The minimum Gasteiger partial charge on any atom is -0.388 e. The van der Waals surface area contributed by atoms with E-state index in [0.717, 1.165) is 10.6 Å². The predicted octanol–water partition coefficient (Wildman–Crippen LogP) is 0.291. The number of nitrogens with two attached hydrogens (primary N) is 1. The maximum Gasteiger partial charge on any atom is 0.279 e. The minimum atomic E-state index is -0.388. The Morgan fingerprint density at radius 2 is 2.24 bits per heavy atom. The van der Waals surface area contributed by atoms with Gasteiger partial charge >= 0.3 is 0 Å². The predicted molar refractivity (Wildman–Crippen MR) is 70.2 cm³/mol. The van der Waals surface area contributed by atoms with Crippen LogP contribution in [0.25, 0.3) is 0 Å². The first kappa shape index (κ1) is 14.0. The number of carbonyl (C=O) groups excluding carboxylic acids is 1. The van der Waals surface area contributed by atoms with Gasteiger partial charge < -0.3 is 15.7 Å². The Balaban J connectivity index is 2.45. The summed E-state index contributed by atoms with van der Waals surface area (Å²) in [5, 5.41) is 13.7. The Bertz CT molecular complexity index is 369. The third-order valence-electron chi connectivity index (χ3n) is 2.22. The number of benzene rings is 1. The third kappa shape index (κ3) is 5.21. The van der Waals surface area contributed by atoms with E-state index in [2.05, 4.69) is 5.32 Å². The number of thioether (sulfide) groups is 1. The Morgan fingerprint density at radius 3 is 2.88 bits per heavy atom. The summed E-state index contributed by atoms with van der Waals surface area (Å²) in [5.41, 5.74) is 0.843. The Kier molecular flexibility index (Phi) is 6.04. The molecule has 1 rings (SSSR count). The molecular weight excluding hydrogens is 236 g/mol. The Hall–Kier alpha value is -1.04. The van der Waals surface area contributed by atoms with Gasteiger partial charge in [0.2, 0.25) is 0 Å². The number of amides is 1. The topological polar surface area (TPSA) is 65.9 Å². The van der Waals surface area contributed by atoms with Gasteiger partial charge in [-0.1, -0.05) is 12.1 Å². The van der Waals surface area contributed by atoms with Gasteiger partial charge in [0.05, 0.1) is 11.8 Å². The van der Waals surface area contributed by atoms with Crippen LogP contribution in [-0.4, -0.2) is 36.5 Å². The first-order valence-corrected chi connectivity index (χ1v) is 6.78. The van der Waals surface area contributed by atoms with Crippen molar-refractivity contribution in [3.63, 3.8) is 0 Å². The molecule has 4 N–H and O–H groups in total. The molecule has 17 heavy (non-hydrogen) atoms. The van der Waals surface area contributed by atoms with Crippen LogP contribution in [0, 0.1) is 0 Å². The maximum atomic E-state index is 11.6. The number of aliphatic hydroxyl groups is 1. The van der Waals surface area contributed by atoms with Gasteiger partial charge in [-0.25, -0.2) is 0 Å². The average Bonchev–Trinajstić information content (AvgIpc) is 2.29. The van der Waals surface area contributed by atoms with E-state index in [1.807, 2.05) is 30.5 Å². The summed E-state index contributed by atoms with van der Waals surface area (Å²) < 4.78 is 0. The summed E-state index contributed by atoms with van der Waals surface area (Å²) in [6.07, 6.45) is 1.59. The quantitative estimate of drug-likeness (QED) is 0.640. The second kappa shape index (κ2) is 7.32. The highest BCUT2D eigenvalue weighted by atomic mass is 32.2. The molecule has 0 saturated heterocycles. The van der Waals surface area contributed by atoms with Crippen molar-refractivity contribution < 1.29 is 15.2 Å². The number of nitrogens with one attached hydrogen (secondary N) is 1. The molecular formula is C12H19N2O2S+. The van der Waals surface area contributed by atoms with Crippen LogP contribution < -0.4 is 10.6 Å². The van der Waals surface area contributed by atoms with Crippen molar-refractivity contribution in [2.24, 2.45) is 0 Å². The second-order valence-electron chi connectivity index (χ2n) is 3.83. The smallest absolute Gasteiger partial charge is 0.279 e. The summed E-state index contributed by atoms with van der Waals surface area (Å²) in [4.78, 5) is 12.7. The van der Waals surface area contributed by atoms with E-state index in [0.29, 0.717) is 13.1 Å². The van der Waals surface area contributed by atoms with Crippen molar-refractivity contribution in [3.05, 3.63) is 24.3 Å². The molecule has 0 spiro atoms. The van der Waals surface area contributed by atoms with Crippen molar-refractivity contribution in [3.8, 4) is 0 Å². The zero-order chi connectivity index (χ0) is 12.7. The van der Waals surface area contributed by atoms with Gasteiger partial charge in [-0.15, -0.1) is 11.8 Å². The van der Waals surface area contributed by atoms with E-state index in [1.54, 1.807) is 24.0 Å². The van der Waals surface area contributed by atoms with Crippen LogP contribution in [0.4, 0.5) is 5.69 Å². The summed E-state index contributed by atoms with van der Waals surface area (Å²) in [6.45, 7) is 2.57. The van der Waals surface area contributed by atoms with Crippen molar-refractivity contribution in [2.75, 3.05) is 24.7 Å². The molecule has 1 amide bonds. The number of quaternary nitrogens is 1. The fourth-order valence-corrected chi connectivity index (χ4v) is 1.96. The van der Waals surface area contributed by atoms with Crippen molar-refractivity contribution in [2.45, 2.75) is 17.9 Å². The molecule has 0 bridgehead atoms. The molecule has 0 saturated carbocycles. The van der Waals surface area contributed by atoms with E-state index in [1.165, 1.54) is 0 Å². The van der Waals surface area contributed by atoms with Gasteiger partial charge in [0.1, 0.15) is 6.54 Å². The van der Waals surface area contributed by atoms with Gasteiger partial charge in [0.15, 0.2) is 6.54 Å². The summed E-state index contributed by atoms with van der Waals surface area (Å²) in [5.74, 6) is -0.0489. The number of aliphatic hydroxyl groups excluding tert-OH is 1. The number of anilines is 1. The maximum absolute atomic E-state index is 11.6. The zero-order valence-electron chi connectivity index (χ0n) is 10.1. The lowest BCUT2D eigenvalue weighted by Gasteiger charge is -2.08. The summed E-state index contributed by atoms with van der Waals surface area (Å²) >= 11 is 1.60. The summed E-state index contributed by atoms with van der Waals surface area (Å²) in [7, 11) is 0. The lowest BCUT2D eigenvalue weighted by atomic mass is 10.3.